The number of esters is 1. The molecule has 3 rings (SSSR count). The first-order chi connectivity index (χ1) is 19.3. The van der Waals surface area contributed by atoms with Crippen LogP contribution in [0.15, 0.2) is 41.2 Å². The summed E-state index contributed by atoms with van der Waals surface area (Å²) in [6.07, 6.45) is -0.188. The molecule has 0 aliphatic rings. The molecule has 1 amide bonds. The van der Waals surface area contributed by atoms with Gasteiger partial charge < -0.3 is 27.9 Å². The summed E-state index contributed by atoms with van der Waals surface area (Å²) < 4.78 is 28.9. The van der Waals surface area contributed by atoms with Crippen molar-refractivity contribution < 1.29 is 33.0 Å². The molecule has 0 fully saturated rings. The highest BCUT2D eigenvalue weighted by atomic mass is 28.4. The number of anilines is 1. The van der Waals surface area contributed by atoms with Gasteiger partial charge in [0.2, 0.25) is 0 Å². The van der Waals surface area contributed by atoms with E-state index in [4.69, 9.17) is 23.4 Å². The summed E-state index contributed by atoms with van der Waals surface area (Å²) in [6.45, 7) is 11.5. The number of carbonyl (C=O) groups is 2. The highest BCUT2D eigenvalue weighted by Gasteiger charge is 2.37. The SMILES string of the molecule is COC(=O)Nc1ccccc1-c1c(C(=O)OC)c2cc(OC)c(OC)cc2c(=O)n1CCCO[Si](C)(C)C(C)(C)C. The maximum Gasteiger partial charge on any atom is 0.411 e. The van der Waals surface area contributed by atoms with Gasteiger partial charge in [-0.2, -0.15) is 0 Å². The number of nitrogens with zero attached hydrogens (tertiary/aromatic N) is 1. The molecule has 41 heavy (non-hydrogen) atoms. The fourth-order valence-corrected chi connectivity index (χ4v) is 5.39. The molecule has 0 atom stereocenters. The summed E-state index contributed by atoms with van der Waals surface area (Å²) in [7, 11) is 3.46. The monoisotopic (exact) mass is 584 g/mol. The van der Waals surface area contributed by atoms with Gasteiger partial charge in [0.05, 0.1) is 50.8 Å². The smallest absolute Gasteiger partial charge is 0.411 e. The van der Waals surface area contributed by atoms with Crippen LogP contribution in [-0.2, 0) is 20.4 Å². The van der Waals surface area contributed by atoms with E-state index in [1.165, 1.54) is 33.0 Å². The van der Waals surface area contributed by atoms with Crippen LogP contribution in [0.5, 0.6) is 11.5 Å². The Labute approximate surface area is 241 Å². The van der Waals surface area contributed by atoms with Crippen LogP contribution in [0.3, 0.4) is 0 Å². The number of pyridine rings is 1. The minimum absolute atomic E-state index is 0.0319. The van der Waals surface area contributed by atoms with Crippen molar-refractivity contribution >= 4 is 36.8 Å². The summed E-state index contributed by atoms with van der Waals surface area (Å²) in [6, 6.07) is 10.0. The molecule has 1 heterocycles. The van der Waals surface area contributed by atoms with Gasteiger partial charge in [-0.1, -0.05) is 39.0 Å². The lowest BCUT2D eigenvalue weighted by atomic mass is 9.97. The Morgan fingerprint density at radius 2 is 1.54 bits per heavy atom. The number of methoxy groups -OCH3 is 4. The number of ether oxygens (including phenoxy) is 4. The molecule has 0 radical (unpaired) electrons. The van der Waals surface area contributed by atoms with Crippen LogP contribution < -0.4 is 20.3 Å². The topological polar surface area (TPSA) is 114 Å². The first kappa shape index (κ1) is 31.7. The molecule has 2 aromatic carbocycles. The van der Waals surface area contributed by atoms with E-state index in [9.17, 15) is 14.4 Å². The molecular weight excluding hydrogens is 544 g/mol. The minimum Gasteiger partial charge on any atom is -0.493 e. The predicted molar refractivity (Wildman–Crippen MR) is 162 cm³/mol. The molecule has 3 aromatic rings. The van der Waals surface area contributed by atoms with E-state index < -0.39 is 20.4 Å². The number of amides is 1. The Morgan fingerprint density at radius 3 is 2.10 bits per heavy atom. The number of aromatic nitrogens is 1. The Morgan fingerprint density at radius 1 is 0.927 bits per heavy atom. The molecule has 0 spiro atoms. The number of fused-ring (bicyclic) bond motifs is 1. The lowest BCUT2D eigenvalue weighted by molar-refractivity contribution is 0.0603. The van der Waals surface area contributed by atoms with Crippen molar-refractivity contribution in [1.29, 1.82) is 0 Å². The van der Waals surface area contributed by atoms with Gasteiger partial charge in [0.1, 0.15) is 0 Å². The van der Waals surface area contributed by atoms with Gasteiger partial charge in [0.15, 0.2) is 19.8 Å². The predicted octanol–water partition coefficient (Wildman–Crippen LogP) is 6.06. The average Bonchev–Trinajstić information content (AvgIpc) is 2.94. The van der Waals surface area contributed by atoms with E-state index in [0.29, 0.717) is 46.9 Å². The van der Waals surface area contributed by atoms with E-state index >= 15 is 0 Å². The second-order valence-electron chi connectivity index (χ2n) is 11.0. The van der Waals surface area contributed by atoms with Crippen LogP contribution in [0.2, 0.25) is 18.1 Å². The van der Waals surface area contributed by atoms with E-state index in [2.05, 4.69) is 39.2 Å². The normalized spacial score (nSPS) is 11.7. The molecule has 0 aliphatic carbocycles. The van der Waals surface area contributed by atoms with Crippen molar-refractivity contribution in [3.8, 4) is 22.8 Å². The Kier molecular flexibility index (Phi) is 9.88. The highest BCUT2D eigenvalue weighted by molar-refractivity contribution is 6.74. The fourth-order valence-electron chi connectivity index (χ4n) is 4.30. The zero-order valence-corrected chi connectivity index (χ0v) is 26.3. The molecule has 1 N–H and O–H groups in total. The minimum atomic E-state index is -2.02. The molecule has 0 bridgehead atoms. The molecule has 0 saturated carbocycles. The van der Waals surface area contributed by atoms with Gasteiger partial charge in [-0.25, -0.2) is 9.59 Å². The molecule has 0 saturated heterocycles. The quantitative estimate of drug-likeness (QED) is 0.174. The van der Waals surface area contributed by atoms with Gasteiger partial charge >= 0.3 is 12.1 Å². The zero-order valence-electron chi connectivity index (χ0n) is 25.3. The van der Waals surface area contributed by atoms with Crippen molar-refractivity contribution in [3.05, 3.63) is 52.3 Å². The standard InChI is InChI=1S/C30H40N2O8Si/c1-30(2,3)41(8,9)40-16-12-15-32-26(19-13-10-11-14-22(19)31-29(35)39-7)25(28(34)38-6)20-17-23(36-4)24(37-5)18-21(20)27(32)33/h10-11,13-14,17-18H,12,15-16H2,1-9H3,(H,31,35). The Bertz CT molecular complexity index is 1490. The summed E-state index contributed by atoms with van der Waals surface area (Å²) in [4.78, 5) is 39.8. The fraction of sp³-hybridized carbons (Fsp3) is 0.433. The number of rotatable bonds is 10. The second-order valence-corrected chi connectivity index (χ2v) is 15.9. The second kappa shape index (κ2) is 12.8. The summed E-state index contributed by atoms with van der Waals surface area (Å²) >= 11 is 0. The van der Waals surface area contributed by atoms with Crippen molar-refractivity contribution in [3.63, 3.8) is 0 Å². The number of nitrogens with one attached hydrogen (secondary N) is 1. The third kappa shape index (κ3) is 6.57. The van der Waals surface area contributed by atoms with Gasteiger partial charge in [-0.05, 0) is 42.8 Å². The summed E-state index contributed by atoms with van der Waals surface area (Å²) in [5.41, 5.74) is 0.893. The number of hydrogen-bond acceptors (Lipinski definition) is 8. The first-order valence-corrected chi connectivity index (χ1v) is 16.2. The number of benzene rings is 2. The van der Waals surface area contributed by atoms with Crippen LogP contribution in [0.25, 0.3) is 22.0 Å². The van der Waals surface area contributed by atoms with Gasteiger partial charge in [-0.15, -0.1) is 0 Å². The van der Waals surface area contributed by atoms with Crippen LogP contribution >= 0.6 is 0 Å². The van der Waals surface area contributed by atoms with Crippen LogP contribution in [0.1, 0.15) is 37.6 Å². The van der Waals surface area contributed by atoms with Crippen molar-refractivity contribution in [1.82, 2.24) is 4.57 Å². The van der Waals surface area contributed by atoms with E-state index in [0.717, 1.165) is 0 Å². The van der Waals surface area contributed by atoms with Crippen molar-refractivity contribution in [2.75, 3.05) is 40.4 Å². The van der Waals surface area contributed by atoms with E-state index in [1.54, 1.807) is 36.4 Å². The molecular formula is C30H40N2O8Si. The number of para-hydroxylation sites is 1. The molecule has 10 nitrogen and oxygen atoms in total. The number of carbonyl (C=O) groups excluding carboxylic acids is 2. The van der Waals surface area contributed by atoms with Gasteiger partial charge in [0.25, 0.3) is 5.56 Å². The molecule has 1 aromatic heterocycles. The average molecular weight is 585 g/mol. The van der Waals surface area contributed by atoms with Crippen molar-refractivity contribution in [2.24, 2.45) is 0 Å². The molecule has 0 unspecified atom stereocenters. The first-order valence-electron chi connectivity index (χ1n) is 13.3. The maximum atomic E-state index is 14.2. The van der Waals surface area contributed by atoms with Crippen LogP contribution in [-0.4, -0.2) is 60.0 Å². The maximum absolute atomic E-state index is 14.2. The third-order valence-electron chi connectivity index (χ3n) is 7.56. The summed E-state index contributed by atoms with van der Waals surface area (Å²) in [5, 5.41) is 3.31. The molecule has 11 heteroatoms. The van der Waals surface area contributed by atoms with Gasteiger partial charge in [-0.3, -0.25) is 10.1 Å². The zero-order chi connectivity index (χ0) is 30.5. The Balaban J connectivity index is 2.34. The van der Waals surface area contributed by atoms with E-state index in [1.807, 2.05) is 0 Å². The van der Waals surface area contributed by atoms with Crippen LogP contribution in [0.4, 0.5) is 10.5 Å². The number of hydrogen-bond donors (Lipinski definition) is 1. The third-order valence-corrected chi connectivity index (χ3v) is 12.1. The van der Waals surface area contributed by atoms with E-state index in [-0.39, 0.29) is 28.1 Å². The lowest BCUT2D eigenvalue weighted by Gasteiger charge is -2.36. The Hall–Kier alpha value is -3.83. The van der Waals surface area contributed by atoms with Crippen LogP contribution in [0, 0.1) is 0 Å². The molecule has 0 aliphatic heterocycles. The van der Waals surface area contributed by atoms with Gasteiger partial charge in [0, 0.05) is 24.1 Å². The largest absolute Gasteiger partial charge is 0.493 e. The van der Waals surface area contributed by atoms with Crippen molar-refractivity contribution in [2.45, 2.75) is 51.9 Å². The highest BCUT2D eigenvalue weighted by Crippen LogP contribution is 2.39. The molecule has 222 valence electrons. The summed E-state index contributed by atoms with van der Waals surface area (Å²) in [5.74, 6) is 0.0367. The lowest BCUT2D eigenvalue weighted by Crippen LogP contribution is -2.41.